The molecule has 100 valence electrons. The molecule has 1 saturated heterocycles. The number of fused-ring (bicyclic) bond motifs is 1. The van der Waals surface area contributed by atoms with Crippen molar-refractivity contribution in [2.75, 3.05) is 6.61 Å². The Morgan fingerprint density at radius 1 is 1.37 bits per heavy atom. The molecule has 0 bridgehead atoms. The van der Waals surface area contributed by atoms with E-state index in [2.05, 4.69) is 5.10 Å². The fourth-order valence-electron chi connectivity index (χ4n) is 2.71. The molecule has 0 saturated carbocycles. The predicted octanol–water partition coefficient (Wildman–Crippen LogP) is 0.724. The standard InChI is InChI=1S/C13H17BN2O3/c1-9-5-4-6-10-12(9)16(15-13(10)14(17)18)11-7-2-3-8-19-11/h4-6,11,17-18H,2-3,7-8H2,1H3. The lowest BCUT2D eigenvalue weighted by Crippen LogP contribution is -2.33. The van der Waals surface area contributed by atoms with Gasteiger partial charge in [0.2, 0.25) is 0 Å². The van der Waals surface area contributed by atoms with E-state index in [-0.39, 0.29) is 6.23 Å². The summed E-state index contributed by atoms with van der Waals surface area (Å²) in [5.41, 5.74) is 2.29. The number of rotatable bonds is 2. The number of para-hydroxylation sites is 1. The third-order valence-electron chi connectivity index (χ3n) is 3.63. The Labute approximate surface area is 111 Å². The first kappa shape index (κ1) is 12.7. The normalized spacial score (nSPS) is 19.8. The molecule has 1 unspecified atom stereocenters. The van der Waals surface area contributed by atoms with E-state index >= 15 is 0 Å². The Balaban J connectivity index is 2.17. The van der Waals surface area contributed by atoms with Gasteiger partial charge < -0.3 is 14.8 Å². The van der Waals surface area contributed by atoms with Crippen molar-refractivity contribution in [3.63, 3.8) is 0 Å². The lowest BCUT2D eigenvalue weighted by atomic mass is 9.83. The highest BCUT2D eigenvalue weighted by Crippen LogP contribution is 2.27. The van der Waals surface area contributed by atoms with Crippen molar-refractivity contribution in [2.24, 2.45) is 0 Å². The van der Waals surface area contributed by atoms with Gasteiger partial charge in [0, 0.05) is 12.0 Å². The van der Waals surface area contributed by atoms with Gasteiger partial charge in [0.25, 0.3) is 0 Å². The highest BCUT2D eigenvalue weighted by atomic mass is 16.5. The zero-order valence-corrected chi connectivity index (χ0v) is 10.9. The van der Waals surface area contributed by atoms with Crippen LogP contribution in [0.1, 0.15) is 31.1 Å². The van der Waals surface area contributed by atoms with Crippen molar-refractivity contribution in [3.05, 3.63) is 23.8 Å². The Bertz CT molecular complexity index is 591. The lowest BCUT2D eigenvalue weighted by Gasteiger charge is -2.23. The number of benzene rings is 1. The van der Waals surface area contributed by atoms with Crippen LogP contribution >= 0.6 is 0 Å². The molecule has 19 heavy (non-hydrogen) atoms. The van der Waals surface area contributed by atoms with Crippen LogP contribution in [-0.2, 0) is 4.74 Å². The molecule has 2 heterocycles. The van der Waals surface area contributed by atoms with E-state index in [9.17, 15) is 10.0 Å². The summed E-state index contributed by atoms with van der Waals surface area (Å²) in [6.45, 7) is 2.73. The third-order valence-corrected chi connectivity index (χ3v) is 3.63. The Hall–Kier alpha value is -1.37. The molecule has 2 aromatic rings. The molecule has 6 heteroatoms. The summed E-state index contributed by atoms with van der Waals surface area (Å²) >= 11 is 0. The number of aromatic nitrogens is 2. The first-order valence-electron chi connectivity index (χ1n) is 6.64. The summed E-state index contributed by atoms with van der Waals surface area (Å²) < 4.78 is 7.56. The molecule has 2 N–H and O–H groups in total. The fourth-order valence-corrected chi connectivity index (χ4v) is 2.71. The number of nitrogens with zero attached hydrogens (tertiary/aromatic N) is 2. The zero-order chi connectivity index (χ0) is 13.4. The van der Waals surface area contributed by atoms with Crippen LogP contribution in [-0.4, -0.2) is 33.6 Å². The van der Waals surface area contributed by atoms with Crippen LogP contribution < -0.4 is 5.59 Å². The Morgan fingerprint density at radius 2 is 2.21 bits per heavy atom. The van der Waals surface area contributed by atoms with E-state index in [1.807, 2.05) is 25.1 Å². The van der Waals surface area contributed by atoms with E-state index in [1.165, 1.54) is 0 Å². The van der Waals surface area contributed by atoms with Crippen molar-refractivity contribution in [1.82, 2.24) is 9.78 Å². The van der Waals surface area contributed by atoms with Gasteiger partial charge in [-0.2, -0.15) is 5.10 Å². The van der Waals surface area contributed by atoms with Crippen LogP contribution in [0.3, 0.4) is 0 Å². The molecule has 1 aliphatic heterocycles. The Morgan fingerprint density at radius 3 is 2.89 bits per heavy atom. The second-order valence-electron chi connectivity index (χ2n) is 5.00. The molecule has 1 atom stereocenters. The van der Waals surface area contributed by atoms with Gasteiger partial charge in [-0.25, -0.2) is 4.68 Å². The molecule has 0 amide bonds. The molecule has 3 rings (SSSR count). The molecule has 5 nitrogen and oxygen atoms in total. The first-order chi connectivity index (χ1) is 9.18. The summed E-state index contributed by atoms with van der Waals surface area (Å²) in [6, 6.07) is 5.76. The van der Waals surface area contributed by atoms with Crippen LogP contribution in [0.2, 0.25) is 0 Å². The molecule has 0 radical (unpaired) electrons. The molecular weight excluding hydrogens is 243 g/mol. The summed E-state index contributed by atoms with van der Waals surface area (Å²) in [5, 5.41) is 24.1. The zero-order valence-electron chi connectivity index (χ0n) is 10.9. The minimum Gasteiger partial charge on any atom is -0.422 e. The summed E-state index contributed by atoms with van der Waals surface area (Å²) in [7, 11) is -1.56. The van der Waals surface area contributed by atoms with Crippen LogP contribution in [0, 0.1) is 6.92 Å². The van der Waals surface area contributed by atoms with Gasteiger partial charge in [-0.15, -0.1) is 0 Å². The fraction of sp³-hybridized carbons (Fsp3) is 0.462. The average molecular weight is 260 g/mol. The minimum absolute atomic E-state index is 0.107. The van der Waals surface area contributed by atoms with E-state index in [1.54, 1.807) is 4.68 Å². The summed E-state index contributed by atoms with van der Waals surface area (Å²) in [6.07, 6.45) is 2.98. The second kappa shape index (κ2) is 4.96. The predicted molar refractivity (Wildman–Crippen MR) is 73.1 cm³/mol. The Kier molecular flexibility index (Phi) is 3.30. The smallest absolute Gasteiger partial charge is 0.422 e. The number of hydrogen-bond donors (Lipinski definition) is 2. The first-order valence-corrected chi connectivity index (χ1v) is 6.64. The summed E-state index contributed by atoms with van der Waals surface area (Å²) in [5.74, 6) is 0. The van der Waals surface area contributed by atoms with E-state index in [0.29, 0.717) is 5.59 Å². The topological polar surface area (TPSA) is 67.5 Å². The number of ether oxygens (including phenoxy) is 1. The van der Waals surface area contributed by atoms with Gasteiger partial charge in [-0.3, -0.25) is 0 Å². The minimum atomic E-state index is -1.56. The largest absolute Gasteiger partial charge is 0.510 e. The highest BCUT2D eigenvalue weighted by Gasteiger charge is 2.26. The van der Waals surface area contributed by atoms with Gasteiger partial charge in [0.1, 0.15) is 5.59 Å². The highest BCUT2D eigenvalue weighted by molar-refractivity contribution is 6.60. The van der Waals surface area contributed by atoms with E-state index < -0.39 is 7.12 Å². The number of hydrogen-bond acceptors (Lipinski definition) is 4. The van der Waals surface area contributed by atoms with Crippen molar-refractivity contribution >= 4 is 23.6 Å². The van der Waals surface area contributed by atoms with Crippen LogP contribution in [0.15, 0.2) is 18.2 Å². The summed E-state index contributed by atoms with van der Waals surface area (Å²) in [4.78, 5) is 0. The van der Waals surface area contributed by atoms with Crippen molar-refractivity contribution in [2.45, 2.75) is 32.4 Å². The molecule has 1 aliphatic rings. The third kappa shape index (κ3) is 2.16. The van der Waals surface area contributed by atoms with Crippen molar-refractivity contribution in [3.8, 4) is 0 Å². The molecule has 1 aromatic carbocycles. The maximum Gasteiger partial charge on any atom is 0.510 e. The second-order valence-corrected chi connectivity index (χ2v) is 5.00. The van der Waals surface area contributed by atoms with Crippen LogP contribution in [0.25, 0.3) is 10.9 Å². The molecule has 0 aliphatic carbocycles. The van der Waals surface area contributed by atoms with Gasteiger partial charge >= 0.3 is 7.12 Å². The average Bonchev–Trinajstić information content (AvgIpc) is 2.81. The van der Waals surface area contributed by atoms with E-state index in [4.69, 9.17) is 4.74 Å². The maximum absolute atomic E-state index is 9.46. The van der Waals surface area contributed by atoms with Crippen LogP contribution in [0.4, 0.5) is 0 Å². The van der Waals surface area contributed by atoms with Gasteiger partial charge in [0.05, 0.1) is 5.52 Å². The molecule has 0 spiro atoms. The van der Waals surface area contributed by atoms with Crippen molar-refractivity contribution in [1.29, 1.82) is 0 Å². The molecular formula is C13H17BN2O3. The van der Waals surface area contributed by atoms with Gasteiger partial charge in [-0.1, -0.05) is 18.2 Å². The lowest BCUT2D eigenvalue weighted by molar-refractivity contribution is -0.0365. The van der Waals surface area contributed by atoms with E-state index in [0.717, 1.165) is 42.3 Å². The molecule has 1 fully saturated rings. The van der Waals surface area contributed by atoms with Crippen LogP contribution in [0.5, 0.6) is 0 Å². The van der Waals surface area contributed by atoms with Crippen molar-refractivity contribution < 1.29 is 14.8 Å². The van der Waals surface area contributed by atoms with Gasteiger partial charge in [-0.05, 0) is 31.7 Å². The SMILES string of the molecule is Cc1cccc2c(B(O)O)nn(C3CCCCO3)c12. The maximum atomic E-state index is 9.46. The number of aryl methyl sites for hydroxylation is 1. The molecule has 1 aromatic heterocycles. The monoisotopic (exact) mass is 260 g/mol. The van der Waals surface area contributed by atoms with Gasteiger partial charge in [0.15, 0.2) is 6.23 Å². The quantitative estimate of drug-likeness (QED) is 0.781.